The van der Waals surface area contributed by atoms with Gasteiger partial charge in [0, 0.05) is 10.5 Å². The molecule has 3 N–H and O–H groups in total. The lowest BCUT2D eigenvalue weighted by Crippen LogP contribution is -2.30. The molecule has 1 aromatic rings. The Labute approximate surface area is 96.2 Å². The summed E-state index contributed by atoms with van der Waals surface area (Å²) in [5, 5.41) is 8.48. The van der Waals surface area contributed by atoms with Crippen molar-refractivity contribution in [1.29, 1.82) is 0 Å². The maximum absolute atomic E-state index is 10.3. The third kappa shape index (κ3) is 4.80. The molecular weight excluding hydrogens is 262 g/mol. The number of carboxylic acid groups (broad SMARTS) is 1. The number of rotatable bonds is 5. The summed E-state index contributed by atoms with van der Waals surface area (Å²) in [7, 11) is 0. The van der Waals surface area contributed by atoms with Crippen molar-refractivity contribution in [1.82, 2.24) is 0 Å². The van der Waals surface area contributed by atoms with E-state index in [2.05, 4.69) is 15.9 Å². The number of hydrogen-bond donors (Lipinski definition) is 2. The van der Waals surface area contributed by atoms with Gasteiger partial charge in [-0.25, -0.2) is 0 Å². The van der Waals surface area contributed by atoms with Gasteiger partial charge in [0.2, 0.25) is 0 Å². The van der Waals surface area contributed by atoms with Crippen LogP contribution >= 0.6 is 15.9 Å². The van der Waals surface area contributed by atoms with Crippen molar-refractivity contribution in [3.05, 3.63) is 28.7 Å². The van der Waals surface area contributed by atoms with Crippen LogP contribution in [0.3, 0.4) is 0 Å². The van der Waals surface area contributed by atoms with Crippen molar-refractivity contribution in [2.75, 3.05) is 6.61 Å². The molecular formula is C10H12BrNO3. The highest BCUT2D eigenvalue weighted by molar-refractivity contribution is 9.10. The second-order valence-electron chi connectivity index (χ2n) is 3.13. The van der Waals surface area contributed by atoms with E-state index in [1.54, 1.807) is 12.1 Å². The highest BCUT2D eigenvalue weighted by atomic mass is 79.9. The molecule has 82 valence electrons. The first-order chi connectivity index (χ1) is 7.08. The van der Waals surface area contributed by atoms with E-state index in [9.17, 15) is 4.79 Å². The first-order valence-corrected chi connectivity index (χ1v) is 5.23. The van der Waals surface area contributed by atoms with Gasteiger partial charge in [-0.05, 0) is 18.2 Å². The summed E-state index contributed by atoms with van der Waals surface area (Å²) < 4.78 is 6.24. The van der Waals surface area contributed by atoms with Crippen LogP contribution in [0.25, 0.3) is 0 Å². The van der Waals surface area contributed by atoms with E-state index in [1.165, 1.54) is 0 Å². The molecule has 0 heterocycles. The maximum atomic E-state index is 10.3. The Kier molecular flexibility index (Phi) is 4.58. The van der Waals surface area contributed by atoms with Gasteiger partial charge in [-0.15, -0.1) is 0 Å². The Morgan fingerprint density at radius 2 is 2.33 bits per heavy atom. The Morgan fingerprint density at radius 3 is 2.93 bits per heavy atom. The van der Waals surface area contributed by atoms with Gasteiger partial charge in [0.25, 0.3) is 0 Å². The van der Waals surface area contributed by atoms with E-state index in [0.29, 0.717) is 5.75 Å². The molecule has 15 heavy (non-hydrogen) atoms. The van der Waals surface area contributed by atoms with Gasteiger partial charge in [-0.3, -0.25) is 4.79 Å². The number of hydrogen-bond acceptors (Lipinski definition) is 3. The summed E-state index contributed by atoms with van der Waals surface area (Å²) in [5.41, 5.74) is 5.54. The van der Waals surface area contributed by atoms with Gasteiger partial charge < -0.3 is 15.6 Å². The van der Waals surface area contributed by atoms with Crippen molar-refractivity contribution >= 4 is 21.9 Å². The van der Waals surface area contributed by atoms with E-state index >= 15 is 0 Å². The molecule has 0 aromatic heterocycles. The molecule has 1 atom stereocenters. The van der Waals surface area contributed by atoms with Crippen LogP contribution in [0.15, 0.2) is 28.7 Å². The molecule has 1 aromatic carbocycles. The molecule has 4 nitrogen and oxygen atoms in total. The summed E-state index contributed by atoms with van der Waals surface area (Å²) in [6.07, 6.45) is -0.0893. The van der Waals surface area contributed by atoms with Crippen molar-refractivity contribution in [2.45, 2.75) is 12.5 Å². The number of carbonyl (C=O) groups is 1. The standard InChI is InChI=1S/C10H12BrNO3/c11-7-2-1-3-9(4-7)15-6-8(12)5-10(13)14/h1-4,8H,5-6,12H2,(H,13,14). The van der Waals surface area contributed by atoms with E-state index < -0.39 is 12.0 Å². The topological polar surface area (TPSA) is 72.5 Å². The molecule has 0 fully saturated rings. The van der Waals surface area contributed by atoms with Crippen LogP contribution in [-0.2, 0) is 4.79 Å². The fraction of sp³-hybridized carbons (Fsp3) is 0.300. The monoisotopic (exact) mass is 273 g/mol. The zero-order valence-corrected chi connectivity index (χ0v) is 9.61. The fourth-order valence-corrected chi connectivity index (χ4v) is 1.42. The molecule has 5 heteroatoms. The Balaban J connectivity index is 2.40. The van der Waals surface area contributed by atoms with Crippen LogP contribution in [0.2, 0.25) is 0 Å². The third-order valence-electron chi connectivity index (χ3n) is 1.70. The van der Waals surface area contributed by atoms with E-state index in [0.717, 1.165) is 4.47 Å². The Bertz CT molecular complexity index is 343. The lowest BCUT2D eigenvalue weighted by Gasteiger charge is -2.11. The van der Waals surface area contributed by atoms with Crippen LogP contribution in [0, 0.1) is 0 Å². The maximum Gasteiger partial charge on any atom is 0.305 e. The zero-order valence-electron chi connectivity index (χ0n) is 8.02. The molecule has 1 unspecified atom stereocenters. The normalized spacial score (nSPS) is 12.1. The third-order valence-corrected chi connectivity index (χ3v) is 2.19. The van der Waals surface area contributed by atoms with Crippen LogP contribution < -0.4 is 10.5 Å². The van der Waals surface area contributed by atoms with Gasteiger partial charge in [0.1, 0.15) is 12.4 Å². The average molecular weight is 274 g/mol. The number of halogens is 1. The second-order valence-corrected chi connectivity index (χ2v) is 4.04. The van der Waals surface area contributed by atoms with E-state index in [1.807, 2.05) is 12.1 Å². The number of benzene rings is 1. The van der Waals surface area contributed by atoms with Gasteiger partial charge in [0.05, 0.1) is 6.42 Å². The Morgan fingerprint density at radius 1 is 1.60 bits per heavy atom. The minimum absolute atomic E-state index is 0.0893. The van der Waals surface area contributed by atoms with Crippen molar-refractivity contribution in [2.24, 2.45) is 5.73 Å². The van der Waals surface area contributed by atoms with Gasteiger partial charge in [-0.1, -0.05) is 22.0 Å². The highest BCUT2D eigenvalue weighted by Crippen LogP contribution is 2.17. The van der Waals surface area contributed by atoms with Crippen molar-refractivity contribution in [3.63, 3.8) is 0 Å². The number of nitrogens with two attached hydrogens (primary N) is 1. The molecule has 1 rings (SSSR count). The summed E-state index contributed by atoms with van der Waals surface area (Å²) in [4.78, 5) is 10.3. The lowest BCUT2D eigenvalue weighted by atomic mass is 10.2. The fourth-order valence-electron chi connectivity index (χ4n) is 1.04. The van der Waals surface area contributed by atoms with Gasteiger partial charge in [-0.2, -0.15) is 0 Å². The van der Waals surface area contributed by atoms with Crippen LogP contribution in [-0.4, -0.2) is 23.7 Å². The highest BCUT2D eigenvalue weighted by Gasteiger charge is 2.08. The predicted molar refractivity (Wildman–Crippen MR) is 59.9 cm³/mol. The smallest absolute Gasteiger partial charge is 0.305 e. The van der Waals surface area contributed by atoms with Crippen LogP contribution in [0.4, 0.5) is 0 Å². The van der Waals surface area contributed by atoms with Crippen LogP contribution in [0.5, 0.6) is 5.75 Å². The first-order valence-electron chi connectivity index (χ1n) is 4.43. The zero-order chi connectivity index (χ0) is 11.3. The molecule has 0 aliphatic carbocycles. The molecule has 0 spiro atoms. The number of ether oxygens (including phenoxy) is 1. The molecule has 0 saturated carbocycles. The minimum atomic E-state index is -0.916. The number of carboxylic acids is 1. The lowest BCUT2D eigenvalue weighted by molar-refractivity contribution is -0.137. The Hall–Kier alpha value is -1.07. The molecule has 0 aliphatic rings. The van der Waals surface area contributed by atoms with Crippen molar-refractivity contribution < 1.29 is 14.6 Å². The summed E-state index contributed by atoms with van der Waals surface area (Å²) in [5.74, 6) is -0.245. The SMILES string of the molecule is NC(COc1cccc(Br)c1)CC(=O)O. The van der Waals surface area contributed by atoms with E-state index in [-0.39, 0.29) is 13.0 Å². The van der Waals surface area contributed by atoms with Gasteiger partial charge >= 0.3 is 5.97 Å². The summed E-state index contributed by atoms with van der Waals surface area (Å²) >= 11 is 3.30. The quantitative estimate of drug-likeness (QED) is 0.856. The van der Waals surface area contributed by atoms with Gasteiger partial charge in [0.15, 0.2) is 0 Å². The van der Waals surface area contributed by atoms with Crippen LogP contribution in [0.1, 0.15) is 6.42 Å². The molecule has 0 radical (unpaired) electrons. The summed E-state index contributed by atoms with van der Waals surface area (Å²) in [6.45, 7) is 0.197. The largest absolute Gasteiger partial charge is 0.492 e. The molecule has 0 amide bonds. The van der Waals surface area contributed by atoms with Crippen molar-refractivity contribution in [3.8, 4) is 5.75 Å². The first kappa shape index (κ1) is 12.0. The molecule has 0 saturated heterocycles. The predicted octanol–water partition coefficient (Wildman–Crippen LogP) is 1.63. The minimum Gasteiger partial charge on any atom is -0.492 e. The molecule has 0 aliphatic heterocycles. The number of aliphatic carboxylic acids is 1. The average Bonchev–Trinajstić information content (AvgIpc) is 2.14. The molecule has 0 bridgehead atoms. The summed E-state index contributed by atoms with van der Waals surface area (Å²) in [6, 6.07) is 6.82. The second kappa shape index (κ2) is 5.72. The van der Waals surface area contributed by atoms with E-state index in [4.69, 9.17) is 15.6 Å².